The first-order valence-electron chi connectivity index (χ1n) is 14.6. The molecule has 0 N–H and O–H groups in total. The van der Waals surface area contributed by atoms with Crippen LogP contribution in [0.25, 0.3) is 0 Å². The molecule has 1 aliphatic rings. The Bertz CT molecular complexity index is 974. The first kappa shape index (κ1) is 30.3. The number of hydrogen-bond acceptors (Lipinski definition) is 2. The van der Waals surface area contributed by atoms with Gasteiger partial charge in [0.05, 0.1) is 19.1 Å². The van der Waals surface area contributed by atoms with Gasteiger partial charge in [-0.1, -0.05) is 90.2 Å². The minimum Gasteiger partial charge on any atom is -0.494 e. The number of alkyl halides is 2. The lowest BCUT2D eigenvalue weighted by Crippen LogP contribution is -2.31. The Balaban J connectivity index is 1.62. The average Bonchev–Trinajstić information content (AvgIpc) is 2.90. The molecule has 0 bridgehead atoms. The third-order valence-corrected chi connectivity index (χ3v) is 7.55. The predicted octanol–water partition coefficient (Wildman–Crippen LogP) is 10.3. The van der Waals surface area contributed by atoms with Crippen LogP contribution in [-0.2, 0) is 12.3 Å². The Labute approximate surface area is 226 Å². The Hall–Kier alpha value is -2.24. The van der Waals surface area contributed by atoms with Crippen molar-refractivity contribution in [1.29, 1.82) is 0 Å². The van der Waals surface area contributed by atoms with Gasteiger partial charge in [-0.25, -0.2) is 13.2 Å². The van der Waals surface area contributed by atoms with E-state index in [-0.39, 0.29) is 30.8 Å². The van der Waals surface area contributed by atoms with Crippen LogP contribution < -0.4 is 9.47 Å². The highest BCUT2D eigenvalue weighted by Crippen LogP contribution is 2.52. The minimum absolute atomic E-state index is 0.0926. The van der Waals surface area contributed by atoms with Gasteiger partial charge in [0.1, 0.15) is 5.75 Å². The summed E-state index contributed by atoms with van der Waals surface area (Å²) in [6, 6.07) is 7.43. The standard InChI is InChI=1S/C32H44F4O2/c1-3-5-7-9-11-13-21-37-25-17-15-24(16-18-25)27-20-19-26-28(32(27,35)36)23-29(33)30(34)31(26)38-22-14-12-10-8-6-4-2/h15-18,23,27H,3-14,19-22H2,1-2H3. The first-order valence-corrected chi connectivity index (χ1v) is 14.6. The largest absolute Gasteiger partial charge is 0.494 e. The van der Waals surface area contributed by atoms with E-state index >= 15 is 8.78 Å². The van der Waals surface area contributed by atoms with Crippen molar-refractivity contribution in [3.8, 4) is 11.5 Å². The number of ether oxygens (including phenoxy) is 2. The van der Waals surface area contributed by atoms with E-state index in [9.17, 15) is 8.78 Å². The van der Waals surface area contributed by atoms with Crippen molar-refractivity contribution in [2.75, 3.05) is 13.2 Å². The lowest BCUT2D eigenvalue weighted by molar-refractivity contribution is -0.0444. The van der Waals surface area contributed by atoms with Gasteiger partial charge >= 0.3 is 0 Å². The van der Waals surface area contributed by atoms with Crippen molar-refractivity contribution >= 4 is 0 Å². The van der Waals surface area contributed by atoms with Gasteiger partial charge in [0.15, 0.2) is 11.6 Å². The first-order chi connectivity index (χ1) is 18.4. The molecule has 0 amide bonds. The zero-order chi connectivity index (χ0) is 27.4. The number of benzene rings is 2. The second kappa shape index (κ2) is 15.4. The molecule has 212 valence electrons. The van der Waals surface area contributed by atoms with Crippen LogP contribution in [0.1, 0.15) is 120 Å². The van der Waals surface area contributed by atoms with Gasteiger partial charge in [0.2, 0.25) is 5.82 Å². The lowest BCUT2D eigenvalue weighted by Gasteiger charge is -2.34. The zero-order valence-electron chi connectivity index (χ0n) is 23.1. The summed E-state index contributed by atoms with van der Waals surface area (Å²) in [5, 5.41) is 0. The molecule has 3 rings (SSSR count). The van der Waals surface area contributed by atoms with Crippen LogP contribution in [0.15, 0.2) is 30.3 Å². The molecule has 0 saturated heterocycles. The molecule has 0 spiro atoms. The maximum Gasteiger partial charge on any atom is 0.280 e. The summed E-state index contributed by atoms with van der Waals surface area (Å²) < 4.78 is 71.8. The molecule has 6 heteroatoms. The van der Waals surface area contributed by atoms with E-state index in [0.29, 0.717) is 30.4 Å². The van der Waals surface area contributed by atoms with Gasteiger partial charge < -0.3 is 9.47 Å². The fourth-order valence-corrected chi connectivity index (χ4v) is 5.30. The molecule has 1 atom stereocenters. The molecule has 0 radical (unpaired) electrons. The smallest absolute Gasteiger partial charge is 0.280 e. The van der Waals surface area contributed by atoms with Gasteiger partial charge in [-0.2, -0.15) is 4.39 Å². The summed E-state index contributed by atoms with van der Waals surface area (Å²) >= 11 is 0. The summed E-state index contributed by atoms with van der Waals surface area (Å²) in [7, 11) is 0. The Kier molecular flexibility index (Phi) is 12.3. The summed E-state index contributed by atoms with van der Waals surface area (Å²) in [5.41, 5.74) is 0.0934. The molecule has 0 aromatic heterocycles. The van der Waals surface area contributed by atoms with E-state index in [2.05, 4.69) is 13.8 Å². The van der Waals surface area contributed by atoms with Crippen molar-refractivity contribution in [3.63, 3.8) is 0 Å². The van der Waals surface area contributed by atoms with Gasteiger partial charge in [-0.3, -0.25) is 0 Å². The van der Waals surface area contributed by atoms with Crippen LogP contribution >= 0.6 is 0 Å². The monoisotopic (exact) mass is 536 g/mol. The summed E-state index contributed by atoms with van der Waals surface area (Å²) in [6.45, 7) is 5.12. The van der Waals surface area contributed by atoms with E-state index in [4.69, 9.17) is 9.47 Å². The molecule has 2 nitrogen and oxygen atoms in total. The highest BCUT2D eigenvalue weighted by molar-refractivity contribution is 5.48. The van der Waals surface area contributed by atoms with Crippen molar-refractivity contribution in [3.05, 3.63) is 58.7 Å². The molecular weight excluding hydrogens is 492 g/mol. The number of rotatable bonds is 17. The topological polar surface area (TPSA) is 18.5 Å². The third-order valence-electron chi connectivity index (χ3n) is 7.55. The van der Waals surface area contributed by atoms with E-state index in [1.807, 2.05) is 0 Å². The van der Waals surface area contributed by atoms with Crippen LogP contribution in [0.4, 0.5) is 17.6 Å². The van der Waals surface area contributed by atoms with E-state index in [1.54, 1.807) is 24.3 Å². The number of fused-ring (bicyclic) bond motifs is 1. The maximum atomic E-state index is 15.7. The van der Waals surface area contributed by atoms with E-state index in [1.165, 1.54) is 25.7 Å². The van der Waals surface area contributed by atoms with Crippen molar-refractivity contribution < 1.29 is 27.0 Å². The van der Waals surface area contributed by atoms with Crippen LogP contribution in [0.3, 0.4) is 0 Å². The molecule has 38 heavy (non-hydrogen) atoms. The fraction of sp³-hybridized carbons (Fsp3) is 0.625. The van der Waals surface area contributed by atoms with Gasteiger partial charge in [-0.05, 0) is 49.4 Å². The molecule has 0 heterocycles. The summed E-state index contributed by atoms with van der Waals surface area (Å²) in [6.07, 6.45) is 13.4. The molecule has 1 aliphatic carbocycles. The summed E-state index contributed by atoms with van der Waals surface area (Å²) in [4.78, 5) is 0. The second-order valence-corrected chi connectivity index (χ2v) is 10.5. The molecule has 0 aliphatic heterocycles. The molecule has 1 unspecified atom stereocenters. The fourth-order valence-electron chi connectivity index (χ4n) is 5.30. The molecular formula is C32H44F4O2. The van der Waals surface area contributed by atoms with Crippen molar-refractivity contribution in [2.24, 2.45) is 0 Å². The molecule has 0 saturated carbocycles. The maximum absolute atomic E-state index is 15.7. The minimum atomic E-state index is -3.35. The average molecular weight is 537 g/mol. The van der Waals surface area contributed by atoms with Gasteiger partial charge in [-0.15, -0.1) is 0 Å². The Morgan fingerprint density at radius 2 is 1.32 bits per heavy atom. The van der Waals surface area contributed by atoms with Crippen LogP contribution in [0.2, 0.25) is 0 Å². The molecule has 0 fully saturated rings. The molecule has 2 aromatic carbocycles. The highest BCUT2D eigenvalue weighted by Gasteiger charge is 2.48. The van der Waals surface area contributed by atoms with Crippen molar-refractivity contribution in [2.45, 2.75) is 116 Å². The van der Waals surface area contributed by atoms with Gasteiger partial charge in [0, 0.05) is 11.1 Å². The number of halogens is 4. The lowest BCUT2D eigenvalue weighted by atomic mass is 9.76. The quantitative estimate of drug-likeness (QED) is 0.148. The summed E-state index contributed by atoms with van der Waals surface area (Å²) in [5.74, 6) is -6.62. The van der Waals surface area contributed by atoms with E-state index < -0.39 is 29.0 Å². The van der Waals surface area contributed by atoms with Gasteiger partial charge in [0.25, 0.3) is 5.92 Å². The predicted molar refractivity (Wildman–Crippen MR) is 145 cm³/mol. The van der Waals surface area contributed by atoms with Crippen LogP contribution in [-0.4, -0.2) is 13.2 Å². The van der Waals surface area contributed by atoms with Crippen LogP contribution in [0.5, 0.6) is 11.5 Å². The Morgan fingerprint density at radius 3 is 1.92 bits per heavy atom. The van der Waals surface area contributed by atoms with E-state index in [0.717, 1.165) is 44.9 Å². The zero-order valence-corrected chi connectivity index (χ0v) is 23.1. The Morgan fingerprint density at radius 1 is 0.763 bits per heavy atom. The van der Waals surface area contributed by atoms with Crippen molar-refractivity contribution in [1.82, 2.24) is 0 Å². The second-order valence-electron chi connectivity index (χ2n) is 10.5. The highest BCUT2D eigenvalue weighted by atomic mass is 19.3. The molecule has 2 aromatic rings. The number of hydrogen-bond donors (Lipinski definition) is 0. The normalized spacial score (nSPS) is 16.3. The number of unbranched alkanes of at least 4 members (excludes halogenated alkanes) is 10. The SMILES string of the molecule is CCCCCCCCOc1ccc(C2CCc3c(cc(F)c(F)c3OCCCCCCCC)C2(F)F)cc1. The van der Waals surface area contributed by atoms with Crippen LogP contribution in [0, 0.1) is 11.6 Å². The third kappa shape index (κ3) is 8.13.